The number of aromatic nitrogens is 4. The molecule has 0 spiro atoms. The normalized spacial score (nSPS) is 10.9. The zero-order chi connectivity index (χ0) is 10.8. The van der Waals surface area contributed by atoms with Gasteiger partial charge in [-0.05, 0) is 12.0 Å². The van der Waals surface area contributed by atoms with Crippen LogP contribution in [0.2, 0.25) is 0 Å². The third-order valence-corrected chi connectivity index (χ3v) is 2.11. The first-order valence-electron chi connectivity index (χ1n) is 4.80. The van der Waals surface area contributed by atoms with E-state index in [1.54, 1.807) is 23.3 Å². The lowest BCUT2D eigenvalue weighted by atomic mass is 10.1. The van der Waals surface area contributed by atoms with Gasteiger partial charge in [-0.2, -0.15) is 5.10 Å². The summed E-state index contributed by atoms with van der Waals surface area (Å²) >= 11 is 0. The minimum atomic E-state index is 0.383. The number of hydrogen-bond acceptors (Lipinski definition) is 4. The molecule has 0 aliphatic heterocycles. The molecular weight excluding hydrogens is 190 g/mol. The van der Waals surface area contributed by atoms with Gasteiger partial charge in [0.25, 0.3) is 5.95 Å². The monoisotopic (exact) mass is 203 g/mol. The molecule has 0 fully saturated rings. The molecule has 0 radical (unpaired) electrons. The number of rotatable bonds is 2. The van der Waals surface area contributed by atoms with Gasteiger partial charge in [0, 0.05) is 6.20 Å². The first-order chi connectivity index (χ1) is 7.18. The minimum Gasteiger partial charge on any atom is -0.396 e. The van der Waals surface area contributed by atoms with Gasteiger partial charge in [-0.3, -0.25) is 0 Å². The van der Waals surface area contributed by atoms with Crippen LogP contribution in [0, 0.1) is 0 Å². The highest BCUT2D eigenvalue weighted by Crippen LogP contribution is 2.15. The molecule has 2 heterocycles. The third-order valence-electron chi connectivity index (χ3n) is 2.11. The Morgan fingerprint density at radius 2 is 1.93 bits per heavy atom. The van der Waals surface area contributed by atoms with E-state index in [9.17, 15) is 0 Å². The largest absolute Gasteiger partial charge is 0.396 e. The van der Waals surface area contributed by atoms with Gasteiger partial charge in [0.1, 0.15) is 0 Å². The van der Waals surface area contributed by atoms with Crippen molar-refractivity contribution in [2.75, 3.05) is 5.73 Å². The predicted molar refractivity (Wildman–Crippen MR) is 57.7 cm³/mol. The Kier molecular flexibility index (Phi) is 2.37. The first-order valence-corrected chi connectivity index (χ1v) is 4.80. The predicted octanol–water partition coefficient (Wildman–Crippen LogP) is 1.37. The molecule has 5 heteroatoms. The Hall–Kier alpha value is -1.91. The molecule has 0 aliphatic carbocycles. The van der Waals surface area contributed by atoms with E-state index < -0.39 is 0 Å². The van der Waals surface area contributed by atoms with E-state index in [2.05, 4.69) is 28.9 Å². The van der Waals surface area contributed by atoms with Crippen molar-refractivity contribution in [2.45, 2.75) is 19.8 Å². The highest BCUT2D eigenvalue weighted by Gasteiger charge is 2.09. The third kappa shape index (κ3) is 1.81. The molecule has 2 aromatic heterocycles. The van der Waals surface area contributed by atoms with Gasteiger partial charge in [0.2, 0.25) is 0 Å². The second-order valence-corrected chi connectivity index (χ2v) is 3.64. The van der Waals surface area contributed by atoms with Crippen molar-refractivity contribution in [1.29, 1.82) is 0 Å². The standard InChI is InChI=1S/C10H13N5/c1-7(2)9-3-4-14-15(9)10-12-5-8(11)6-13-10/h3-7H,11H2,1-2H3. The maximum Gasteiger partial charge on any atom is 0.250 e. The van der Waals surface area contributed by atoms with Crippen LogP contribution in [-0.2, 0) is 0 Å². The maximum atomic E-state index is 5.52. The van der Waals surface area contributed by atoms with E-state index in [0.29, 0.717) is 17.6 Å². The lowest BCUT2D eigenvalue weighted by Gasteiger charge is -2.07. The van der Waals surface area contributed by atoms with E-state index in [1.807, 2.05) is 6.07 Å². The van der Waals surface area contributed by atoms with Crippen LogP contribution in [0.15, 0.2) is 24.7 Å². The molecule has 0 amide bonds. The van der Waals surface area contributed by atoms with E-state index in [0.717, 1.165) is 5.69 Å². The molecular formula is C10H13N5. The van der Waals surface area contributed by atoms with Crippen LogP contribution in [0.4, 0.5) is 5.69 Å². The van der Waals surface area contributed by atoms with E-state index in [4.69, 9.17) is 5.73 Å². The summed E-state index contributed by atoms with van der Waals surface area (Å²) in [7, 11) is 0. The van der Waals surface area contributed by atoms with Gasteiger partial charge >= 0.3 is 0 Å². The topological polar surface area (TPSA) is 69.6 Å². The summed E-state index contributed by atoms with van der Waals surface area (Å²) in [6.45, 7) is 4.20. The number of nitrogens with two attached hydrogens (primary N) is 1. The molecule has 0 aromatic carbocycles. The van der Waals surface area contributed by atoms with Crippen molar-refractivity contribution in [3.63, 3.8) is 0 Å². The smallest absolute Gasteiger partial charge is 0.250 e. The fraction of sp³-hybridized carbons (Fsp3) is 0.300. The molecule has 0 saturated heterocycles. The Balaban J connectivity index is 2.45. The second kappa shape index (κ2) is 3.68. The van der Waals surface area contributed by atoms with Gasteiger partial charge < -0.3 is 5.73 Å². The molecule has 0 unspecified atom stereocenters. The van der Waals surface area contributed by atoms with Gasteiger partial charge in [0.05, 0.1) is 23.8 Å². The number of nitrogens with zero attached hydrogens (tertiary/aromatic N) is 4. The van der Waals surface area contributed by atoms with E-state index >= 15 is 0 Å². The zero-order valence-electron chi connectivity index (χ0n) is 8.75. The van der Waals surface area contributed by atoms with Gasteiger partial charge in [0.15, 0.2) is 0 Å². The summed E-state index contributed by atoms with van der Waals surface area (Å²) in [5, 5.41) is 4.19. The van der Waals surface area contributed by atoms with Gasteiger partial charge in [-0.1, -0.05) is 13.8 Å². The summed E-state index contributed by atoms with van der Waals surface area (Å²) in [4.78, 5) is 8.26. The van der Waals surface area contributed by atoms with Crippen LogP contribution in [0.1, 0.15) is 25.5 Å². The lowest BCUT2D eigenvalue weighted by molar-refractivity contribution is 0.704. The molecule has 0 atom stereocenters. The van der Waals surface area contributed by atoms with Crippen molar-refractivity contribution in [2.24, 2.45) is 0 Å². The van der Waals surface area contributed by atoms with Crippen molar-refractivity contribution in [3.05, 3.63) is 30.4 Å². The Morgan fingerprint density at radius 3 is 2.53 bits per heavy atom. The molecule has 2 N–H and O–H groups in total. The average molecular weight is 203 g/mol. The minimum absolute atomic E-state index is 0.383. The Bertz CT molecular complexity index is 443. The molecule has 15 heavy (non-hydrogen) atoms. The maximum absolute atomic E-state index is 5.52. The van der Waals surface area contributed by atoms with E-state index in [-0.39, 0.29) is 0 Å². The zero-order valence-corrected chi connectivity index (χ0v) is 8.75. The Labute approximate surface area is 88.0 Å². The number of nitrogen functional groups attached to an aromatic ring is 1. The van der Waals surface area contributed by atoms with Crippen molar-refractivity contribution < 1.29 is 0 Å². The highest BCUT2D eigenvalue weighted by molar-refractivity contribution is 5.32. The molecule has 0 bridgehead atoms. The number of anilines is 1. The van der Waals surface area contributed by atoms with Crippen LogP contribution in [0.5, 0.6) is 0 Å². The van der Waals surface area contributed by atoms with Crippen LogP contribution < -0.4 is 5.73 Å². The number of hydrogen-bond donors (Lipinski definition) is 1. The second-order valence-electron chi connectivity index (χ2n) is 3.64. The molecule has 2 aromatic rings. The summed E-state index contributed by atoms with van der Waals surface area (Å²) in [6.07, 6.45) is 4.90. The summed E-state index contributed by atoms with van der Waals surface area (Å²) < 4.78 is 1.73. The van der Waals surface area contributed by atoms with Crippen molar-refractivity contribution >= 4 is 5.69 Å². The fourth-order valence-corrected chi connectivity index (χ4v) is 1.36. The van der Waals surface area contributed by atoms with Crippen LogP contribution in [-0.4, -0.2) is 19.7 Å². The molecule has 2 rings (SSSR count). The first kappa shape index (κ1) is 9.64. The molecule has 0 saturated carbocycles. The Morgan fingerprint density at radius 1 is 1.27 bits per heavy atom. The molecule has 78 valence electrons. The molecule has 0 aliphatic rings. The quantitative estimate of drug-likeness (QED) is 0.800. The lowest BCUT2D eigenvalue weighted by Crippen LogP contribution is -2.07. The van der Waals surface area contributed by atoms with Crippen LogP contribution >= 0.6 is 0 Å². The van der Waals surface area contributed by atoms with Gasteiger partial charge in [-0.15, -0.1) is 0 Å². The van der Waals surface area contributed by atoms with Crippen LogP contribution in [0.3, 0.4) is 0 Å². The fourth-order valence-electron chi connectivity index (χ4n) is 1.36. The summed E-state index contributed by atoms with van der Waals surface area (Å²) in [5.74, 6) is 0.937. The van der Waals surface area contributed by atoms with Crippen molar-refractivity contribution in [1.82, 2.24) is 19.7 Å². The van der Waals surface area contributed by atoms with Gasteiger partial charge in [-0.25, -0.2) is 14.6 Å². The van der Waals surface area contributed by atoms with Crippen molar-refractivity contribution in [3.8, 4) is 5.95 Å². The summed E-state index contributed by atoms with van der Waals surface area (Å²) in [5.41, 5.74) is 7.16. The molecule has 5 nitrogen and oxygen atoms in total. The van der Waals surface area contributed by atoms with Crippen LogP contribution in [0.25, 0.3) is 5.95 Å². The summed E-state index contributed by atoms with van der Waals surface area (Å²) in [6, 6.07) is 1.96. The average Bonchev–Trinajstić information content (AvgIpc) is 2.67. The SMILES string of the molecule is CC(C)c1ccnn1-c1ncc(N)cn1. The van der Waals surface area contributed by atoms with E-state index in [1.165, 1.54) is 0 Å². The highest BCUT2D eigenvalue weighted by atomic mass is 15.3.